The lowest BCUT2D eigenvalue weighted by atomic mass is 10.1. The molecule has 21 heavy (non-hydrogen) atoms. The third kappa shape index (κ3) is 5.76. The van der Waals surface area contributed by atoms with Crippen molar-refractivity contribution in [2.24, 2.45) is 5.14 Å². The molecule has 5 nitrogen and oxygen atoms in total. The van der Waals surface area contributed by atoms with Crippen molar-refractivity contribution < 1.29 is 13.2 Å². The van der Waals surface area contributed by atoms with Crippen LogP contribution in [0.25, 0.3) is 0 Å². The molecular weight excluding hydrogens is 356 g/mol. The Hall–Kier alpha value is -0.920. The highest BCUT2D eigenvalue weighted by atomic mass is 79.9. The number of hydrogen-bond donors (Lipinski definition) is 2. The first-order valence-electron chi connectivity index (χ1n) is 6.89. The van der Waals surface area contributed by atoms with E-state index in [1.807, 2.05) is 6.92 Å². The average molecular weight is 377 g/mol. The molecule has 0 aliphatic carbocycles. The van der Waals surface area contributed by atoms with E-state index < -0.39 is 10.0 Å². The molecule has 0 aromatic heterocycles. The van der Waals surface area contributed by atoms with E-state index >= 15 is 0 Å². The van der Waals surface area contributed by atoms with E-state index in [1.54, 1.807) is 6.07 Å². The van der Waals surface area contributed by atoms with Crippen molar-refractivity contribution in [2.75, 3.05) is 0 Å². The van der Waals surface area contributed by atoms with Crippen molar-refractivity contribution in [2.45, 2.75) is 50.5 Å². The van der Waals surface area contributed by atoms with Crippen LogP contribution in [0.4, 0.5) is 0 Å². The van der Waals surface area contributed by atoms with Crippen LogP contribution in [0.1, 0.15) is 49.9 Å². The molecule has 0 fully saturated rings. The van der Waals surface area contributed by atoms with Gasteiger partial charge in [-0.3, -0.25) is 4.79 Å². The predicted molar refractivity (Wildman–Crippen MR) is 86.6 cm³/mol. The van der Waals surface area contributed by atoms with Gasteiger partial charge in [0.2, 0.25) is 10.0 Å². The Balaban J connectivity index is 2.80. The summed E-state index contributed by atoms with van der Waals surface area (Å²) < 4.78 is 23.2. The number of carbonyl (C=O) groups is 1. The summed E-state index contributed by atoms with van der Waals surface area (Å²) >= 11 is 3.12. The van der Waals surface area contributed by atoms with Gasteiger partial charge in [-0.15, -0.1) is 0 Å². The number of primary sulfonamides is 1. The van der Waals surface area contributed by atoms with Crippen LogP contribution in [0.15, 0.2) is 27.6 Å². The first-order valence-corrected chi connectivity index (χ1v) is 9.22. The van der Waals surface area contributed by atoms with Crippen molar-refractivity contribution in [1.82, 2.24) is 5.32 Å². The topological polar surface area (TPSA) is 89.3 Å². The van der Waals surface area contributed by atoms with E-state index in [4.69, 9.17) is 5.14 Å². The molecule has 1 rings (SSSR count). The Labute approximate surface area is 134 Å². The molecule has 3 N–H and O–H groups in total. The molecule has 0 aliphatic rings. The van der Waals surface area contributed by atoms with Gasteiger partial charge in [-0.05, 0) is 47.5 Å². The zero-order valence-corrected chi connectivity index (χ0v) is 14.6. The number of halogens is 1. The minimum Gasteiger partial charge on any atom is -0.350 e. The third-order valence-corrected chi connectivity index (χ3v) is 5.02. The number of nitrogens with two attached hydrogens (primary N) is 1. The summed E-state index contributed by atoms with van der Waals surface area (Å²) in [5, 5.41) is 7.98. The number of rotatable bonds is 7. The third-order valence-electron chi connectivity index (χ3n) is 3.12. The number of unbranched alkanes of at least 4 members (excludes halogenated alkanes) is 2. The molecule has 0 saturated heterocycles. The van der Waals surface area contributed by atoms with E-state index in [1.165, 1.54) is 12.1 Å². The largest absolute Gasteiger partial charge is 0.350 e. The Bertz CT molecular complexity index is 602. The van der Waals surface area contributed by atoms with Crippen LogP contribution in [-0.4, -0.2) is 20.4 Å². The normalized spacial score (nSPS) is 13.0. The molecule has 0 saturated carbocycles. The quantitative estimate of drug-likeness (QED) is 0.716. The summed E-state index contributed by atoms with van der Waals surface area (Å²) in [6.07, 6.45) is 4.22. The molecule has 0 aliphatic heterocycles. The first kappa shape index (κ1) is 18.1. The summed E-state index contributed by atoms with van der Waals surface area (Å²) in [5.74, 6) is -0.295. The van der Waals surface area contributed by atoms with E-state index in [9.17, 15) is 13.2 Å². The minimum atomic E-state index is -3.86. The number of hydrogen-bond acceptors (Lipinski definition) is 3. The maximum atomic E-state index is 12.1. The number of sulfonamides is 1. The van der Waals surface area contributed by atoms with Gasteiger partial charge in [-0.1, -0.05) is 26.2 Å². The van der Waals surface area contributed by atoms with Crippen LogP contribution >= 0.6 is 15.9 Å². The van der Waals surface area contributed by atoms with Gasteiger partial charge in [-0.2, -0.15) is 0 Å². The van der Waals surface area contributed by atoms with Gasteiger partial charge < -0.3 is 5.32 Å². The molecule has 0 spiro atoms. The lowest BCUT2D eigenvalue weighted by molar-refractivity contribution is 0.0937. The fourth-order valence-electron chi connectivity index (χ4n) is 1.94. The Morgan fingerprint density at radius 3 is 2.62 bits per heavy atom. The standard InChI is InChI=1S/C14H21BrN2O3S/c1-3-4-5-6-10(2)17-14(18)11-7-8-12(15)13(9-11)21(16,19)20/h7-10H,3-6H2,1-2H3,(H,17,18)(H2,16,19,20). The highest BCUT2D eigenvalue weighted by Gasteiger charge is 2.17. The number of amides is 1. The van der Waals surface area contributed by atoms with Crippen LogP contribution in [0.2, 0.25) is 0 Å². The van der Waals surface area contributed by atoms with Gasteiger partial charge >= 0.3 is 0 Å². The number of carbonyl (C=O) groups excluding carboxylic acids is 1. The van der Waals surface area contributed by atoms with Crippen LogP contribution in [0, 0.1) is 0 Å². The molecule has 118 valence electrons. The molecule has 1 aromatic rings. The van der Waals surface area contributed by atoms with Gasteiger partial charge in [-0.25, -0.2) is 13.6 Å². The van der Waals surface area contributed by atoms with Gasteiger partial charge in [0.1, 0.15) is 0 Å². The smallest absolute Gasteiger partial charge is 0.251 e. The lowest BCUT2D eigenvalue weighted by Crippen LogP contribution is -2.32. The molecule has 1 aromatic carbocycles. The molecule has 0 bridgehead atoms. The highest BCUT2D eigenvalue weighted by molar-refractivity contribution is 9.10. The van der Waals surface area contributed by atoms with E-state index in [2.05, 4.69) is 28.2 Å². The highest BCUT2D eigenvalue weighted by Crippen LogP contribution is 2.22. The Morgan fingerprint density at radius 1 is 1.38 bits per heavy atom. The molecule has 1 amide bonds. The maximum Gasteiger partial charge on any atom is 0.251 e. The van der Waals surface area contributed by atoms with Crippen molar-refractivity contribution in [3.63, 3.8) is 0 Å². The number of benzene rings is 1. The van der Waals surface area contributed by atoms with Gasteiger partial charge in [0.15, 0.2) is 0 Å². The van der Waals surface area contributed by atoms with Crippen molar-refractivity contribution in [3.8, 4) is 0 Å². The van der Waals surface area contributed by atoms with Crippen molar-refractivity contribution in [1.29, 1.82) is 0 Å². The molecule has 0 radical (unpaired) electrons. The average Bonchev–Trinajstić information content (AvgIpc) is 2.38. The second-order valence-corrected chi connectivity index (χ2v) is 7.44. The second-order valence-electron chi connectivity index (χ2n) is 5.06. The lowest BCUT2D eigenvalue weighted by Gasteiger charge is -2.14. The van der Waals surface area contributed by atoms with Gasteiger partial charge in [0.25, 0.3) is 5.91 Å². The molecule has 0 heterocycles. The minimum absolute atomic E-state index is 0.0469. The van der Waals surface area contributed by atoms with E-state index in [-0.39, 0.29) is 22.4 Å². The Kier molecular flexibility index (Phi) is 6.83. The van der Waals surface area contributed by atoms with E-state index in [0.717, 1.165) is 25.7 Å². The monoisotopic (exact) mass is 376 g/mol. The van der Waals surface area contributed by atoms with Crippen LogP contribution < -0.4 is 10.5 Å². The first-order chi connectivity index (χ1) is 9.75. The second kappa shape index (κ2) is 7.91. The molecule has 7 heteroatoms. The summed E-state index contributed by atoms with van der Waals surface area (Å²) in [6, 6.07) is 4.40. The van der Waals surface area contributed by atoms with Crippen molar-refractivity contribution in [3.05, 3.63) is 28.2 Å². The van der Waals surface area contributed by atoms with Crippen LogP contribution in [-0.2, 0) is 10.0 Å². The number of nitrogens with one attached hydrogen (secondary N) is 1. The summed E-state index contributed by atoms with van der Waals surface area (Å²) in [6.45, 7) is 4.06. The van der Waals surface area contributed by atoms with Crippen LogP contribution in [0.3, 0.4) is 0 Å². The zero-order chi connectivity index (χ0) is 16.0. The molecule has 1 atom stereocenters. The molecule has 1 unspecified atom stereocenters. The molecular formula is C14H21BrN2O3S. The predicted octanol–water partition coefficient (Wildman–Crippen LogP) is 2.80. The zero-order valence-electron chi connectivity index (χ0n) is 12.2. The van der Waals surface area contributed by atoms with E-state index in [0.29, 0.717) is 4.47 Å². The van der Waals surface area contributed by atoms with Crippen LogP contribution in [0.5, 0.6) is 0 Å². The van der Waals surface area contributed by atoms with Crippen molar-refractivity contribution >= 4 is 31.9 Å². The Morgan fingerprint density at radius 2 is 2.05 bits per heavy atom. The maximum absolute atomic E-state index is 12.1. The summed E-state index contributed by atoms with van der Waals surface area (Å²) in [7, 11) is -3.86. The SMILES string of the molecule is CCCCCC(C)NC(=O)c1ccc(Br)c(S(N)(=O)=O)c1. The summed E-state index contributed by atoms with van der Waals surface area (Å²) in [5.41, 5.74) is 0.282. The van der Waals surface area contributed by atoms with Gasteiger partial charge in [0.05, 0.1) is 4.90 Å². The fourth-order valence-corrected chi connectivity index (χ4v) is 3.50. The van der Waals surface area contributed by atoms with Gasteiger partial charge in [0, 0.05) is 16.1 Å². The summed E-state index contributed by atoms with van der Waals surface area (Å²) in [4.78, 5) is 12.0. The fraction of sp³-hybridized carbons (Fsp3) is 0.500.